The van der Waals surface area contributed by atoms with E-state index in [0.717, 1.165) is 27.2 Å². The summed E-state index contributed by atoms with van der Waals surface area (Å²) in [5.74, 6) is -2.60. The predicted octanol–water partition coefficient (Wildman–Crippen LogP) is 4.46. The zero-order valence-corrected chi connectivity index (χ0v) is 22.2. The first-order valence-corrected chi connectivity index (χ1v) is 13.2. The molecule has 0 spiro atoms. The van der Waals surface area contributed by atoms with E-state index in [9.17, 15) is 14.7 Å². The van der Waals surface area contributed by atoms with Crippen LogP contribution in [0.5, 0.6) is 0 Å². The van der Waals surface area contributed by atoms with Crippen LogP contribution >= 0.6 is 0 Å². The normalized spacial score (nSPS) is 18.2. The Morgan fingerprint density at radius 1 is 0.975 bits per heavy atom. The number of nitrogens with zero attached hydrogens (tertiary/aromatic N) is 2. The Balaban J connectivity index is 1.42. The van der Waals surface area contributed by atoms with Crippen LogP contribution in [-0.2, 0) is 22.6 Å². The molecule has 1 fully saturated rings. The van der Waals surface area contributed by atoms with Crippen molar-refractivity contribution < 1.29 is 19.4 Å². The number of rotatable bonds is 9. The van der Waals surface area contributed by atoms with Crippen molar-refractivity contribution in [2.75, 3.05) is 5.73 Å². The van der Waals surface area contributed by atoms with E-state index in [1.807, 2.05) is 91.0 Å². The molecule has 3 amide bonds. The maximum atomic E-state index is 13.8. The number of ether oxygens (including phenoxy) is 1. The first-order chi connectivity index (χ1) is 19.3. The number of nitrogen functional groups attached to an aromatic ring is 1. The van der Waals surface area contributed by atoms with Crippen LogP contribution in [0.3, 0.4) is 0 Å². The van der Waals surface area contributed by atoms with Gasteiger partial charge in [0.25, 0.3) is 0 Å². The van der Waals surface area contributed by atoms with E-state index < -0.39 is 35.7 Å². The molecule has 1 aliphatic rings. The van der Waals surface area contributed by atoms with Crippen LogP contribution in [0.15, 0.2) is 109 Å². The molecular formula is C32H32N4O4. The zero-order valence-electron chi connectivity index (χ0n) is 22.2. The number of likely N-dealkylation sites (tertiary alicyclic amines) is 1. The second-order valence-corrected chi connectivity index (χ2v) is 10.1. The number of benzene rings is 3. The van der Waals surface area contributed by atoms with Crippen molar-refractivity contribution in [3.05, 3.63) is 132 Å². The van der Waals surface area contributed by atoms with Crippen molar-refractivity contribution in [2.45, 2.75) is 37.8 Å². The van der Waals surface area contributed by atoms with Gasteiger partial charge in [-0.25, -0.2) is 9.78 Å². The summed E-state index contributed by atoms with van der Waals surface area (Å²) in [4.78, 5) is 32.4. The number of anilines is 1. The van der Waals surface area contributed by atoms with Crippen molar-refractivity contribution in [1.29, 1.82) is 0 Å². The third-order valence-electron chi connectivity index (χ3n) is 7.19. The number of pyridine rings is 1. The highest BCUT2D eigenvalue weighted by molar-refractivity contribution is 6.02. The van der Waals surface area contributed by atoms with Gasteiger partial charge in [-0.15, -0.1) is 0 Å². The number of amides is 3. The van der Waals surface area contributed by atoms with Crippen molar-refractivity contribution in [3.63, 3.8) is 0 Å². The summed E-state index contributed by atoms with van der Waals surface area (Å²) in [6.07, 6.45) is 1.84. The largest absolute Gasteiger partial charge is 0.384 e. The number of urea groups is 1. The first kappa shape index (κ1) is 27.1. The molecule has 8 nitrogen and oxygen atoms in total. The maximum Gasteiger partial charge on any atom is 0.325 e. The lowest BCUT2D eigenvalue weighted by Crippen LogP contribution is -2.73. The van der Waals surface area contributed by atoms with Gasteiger partial charge in [0.15, 0.2) is 5.79 Å². The van der Waals surface area contributed by atoms with E-state index >= 15 is 0 Å². The van der Waals surface area contributed by atoms with Gasteiger partial charge in [0.05, 0.1) is 18.6 Å². The fourth-order valence-electron chi connectivity index (χ4n) is 5.19. The smallest absolute Gasteiger partial charge is 0.325 e. The highest BCUT2D eigenvalue weighted by Crippen LogP contribution is 2.39. The van der Waals surface area contributed by atoms with Gasteiger partial charge in [0, 0.05) is 6.20 Å². The number of hydrogen-bond donors (Lipinski definition) is 3. The Kier molecular flexibility index (Phi) is 7.91. The average molecular weight is 537 g/mol. The summed E-state index contributed by atoms with van der Waals surface area (Å²) in [6, 6.07) is 29.9. The Morgan fingerprint density at radius 2 is 1.55 bits per heavy atom. The molecule has 4 N–H and O–H groups in total. The average Bonchev–Trinajstić information content (AvgIpc) is 2.97. The van der Waals surface area contributed by atoms with Gasteiger partial charge in [0.2, 0.25) is 5.91 Å². The third-order valence-corrected chi connectivity index (χ3v) is 7.19. The predicted molar refractivity (Wildman–Crippen MR) is 152 cm³/mol. The molecule has 5 rings (SSSR count). The van der Waals surface area contributed by atoms with Gasteiger partial charge < -0.3 is 20.9 Å². The highest BCUT2D eigenvalue weighted by atomic mass is 16.6. The molecule has 0 bridgehead atoms. The topological polar surface area (TPSA) is 118 Å². The summed E-state index contributed by atoms with van der Waals surface area (Å²) in [7, 11) is 0. The van der Waals surface area contributed by atoms with Crippen molar-refractivity contribution >= 4 is 17.8 Å². The molecule has 1 aromatic heterocycles. The number of hydrogen-bond acceptors (Lipinski definition) is 6. The molecule has 2 heterocycles. The second-order valence-electron chi connectivity index (χ2n) is 10.1. The molecule has 204 valence electrons. The van der Waals surface area contributed by atoms with Crippen molar-refractivity contribution in [3.8, 4) is 0 Å². The van der Waals surface area contributed by atoms with Crippen molar-refractivity contribution in [1.82, 2.24) is 15.2 Å². The van der Waals surface area contributed by atoms with Gasteiger partial charge in [0.1, 0.15) is 11.9 Å². The number of aromatic nitrogens is 1. The van der Waals surface area contributed by atoms with E-state index in [1.165, 1.54) is 6.92 Å². The molecule has 4 aromatic rings. The SMILES string of the molecule is CC(O)(OCc1ccccc1)[C@@H]1[C@@H](Cc2ccnc(N)c2)C(=O)N1C(=O)NC(c1ccccc1)c1ccccc1. The molecule has 3 atom stereocenters. The number of carbonyl (C=O) groups excluding carboxylic acids is 2. The van der Waals surface area contributed by atoms with E-state index in [1.54, 1.807) is 18.3 Å². The van der Waals surface area contributed by atoms with Crippen LogP contribution in [-0.4, -0.2) is 38.8 Å². The van der Waals surface area contributed by atoms with Crippen LogP contribution in [0, 0.1) is 5.92 Å². The maximum absolute atomic E-state index is 13.8. The summed E-state index contributed by atoms with van der Waals surface area (Å²) in [6.45, 7) is 1.60. The Morgan fingerprint density at radius 3 is 2.12 bits per heavy atom. The number of carbonyl (C=O) groups is 2. The third kappa shape index (κ3) is 5.88. The zero-order chi connectivity index (χ0) is 28.1. The molecule has 3 aromatic carbocycles. The van der Waals surface area contributed by atoms with Crippen LogP contribution in [0.1, 0.15) is 35.2 Å². The van der Waals surface area contributed by atoms with Gasteiger partial charge in [-0.05, 0) is 47.7 Å². The lowest BCUT2D eigenvalue weighted by molar-refractivity contribution is -0.255. The number of aliphatic hydroxyl groups is 1. The molecule has 0 radical (unpaired) electrons. The molecule has 1 saturated heterocycles. The molecule has 40 heavy (non-hydrogen) atoms. The molecular weight excluding hydrogens is 504 g/mol. The van der Waals surface area contributed by atoms with E-state index in [0.29, 0.717) is 5.82 Å². The number of β-lactam (4-membered cyclic amide) rings is 1. The minimum Gasteiger partial charge on any atom is -0.384 e. The van der Waals surface area contributed by atoms with Gasteiger partial charge >= 0.3 is 6.03 Å². The van der Waals surface area contributed by atoms with E-state index in [-0.39, 0.29) is 13.0 Å². The summed E-state index contributed by atoms with van der Waals surface area (Å²) in [5, 5.41) is 14.6. The second kappa shape index (κ2) is 11.7. The lowest BCUT2D eigenvalue weighted by Gasteiger charge is -2.51. The van der Waals surface area contributed by atoms with Gasteiger partial charge in [-0.1, -0.05) is 91.0 Å². The molecule has 8 heteroatoms. The van der Waals surface area contributed by atoms with E-state index in [4.69, 9.17) is 10.5 Å². The molecule has 1 aliphatic heterocycles. The van der Waals surface area contributed by atoms with Gasteiger partial charge in [-0.2, -0.15) is 0 Å². The van der Waals surface area contributed by atoms with Crippen LogP contribution < -0.4 is 11.1 Å². The van der Waals surface area contributed by atoms with Crippen LogP contribution in [0.25, 0.3) is 0 Å². The van der Waals surface area contributed by atoms with Crippen LogP contribution in [0.4, 0.5) is 10.6 Å². The minimum atomic E-state index is -1.82. The fourth-order valence-corrected chi connectivity index (χ4v) is 5.19. The van der Waals surface area contributed by atoms with Crippen molar-refractivity contribution in [2.24, 2.45) is 5.92 Å². The van der Waals surface area contributed by atoms with Crippen LogP contribution in [0.2, 0.25) is 0 Å². The van der Waals surface area contributed by atoms with Gasteiger partial charge in [-0.3, -0.25) is 9.69 Å². The van der Waals surface area contributed by atoms with E-state index in [2.05, 4.69) is 10.3 Å². The summed E-state index contributed by atoms with van der Waals surface area (Å²) >= 11 is 0. The monoisotopic (exact) mass is 536 g/mol. The number of imide groups is 1. The fraction of sp³-hybridized carbons (Fsp3) is 0.219. The lowest BCUT2D eigenvalue weighted by atomic mass is 9.78. The first-order valence-electron chi connectivity index (χ1n) is 13.2. The standard InChI is InChI=1S/C32H32N4O4/c1-32(39,40-21-22-11-5-2-6-12-22)29-26(19-23-17-18-34-27(33)20-23)30(37)36(29)31(38)35-28(24-13-7-3-8-14-24)25-15-9-4-10-16-25/h2-18,20,26,28-29,39H,19,21H2,1H3,(H2,33,34)(H,35,38)/t26-,29+,32?/m1/s1. The number of nitrogens with one attached hydrogen (secondary N) is 1. The Bertz CT molecular complexity index is 1410. The summed E-state index contributed by atoms with van der Waals surface area (Å²) < 4.78 is 5.96. The Hall–Kier alpha value is -4.53. The highest BCUT2D eigenvalue weighted by Gasteiger charge is 2.59. The Labute approximate surface area is 233 Å². The minimum absolute atomic E-state index is 0.111. The summed E-state index contributed by atoms with van der Waals surface area (Å²) in [5.41, 5.74) is 9.22. The molecule has 1 unspecified atom stereocenters. The molecule has 0 aliphatic carbocycles. The quantitative estimate of drug-likeness (QED) is 0.215. The molecule has 0 saturated carbocycles. The number of nitrogens with two attached hydrogens (primary N) is 1.